The first kappa shape index (κ1) is 14.6. The fourth-order valence-corrected chi connectivity index (χ4v) is 2.97. The van der Waals surface area contributed by atoms with E-state index in [1.807, 2.05) is 0 Å². The molecule has 0 aromatic heterocycles. The maximum atomic E-state index is 12.6. The second-order valence-corrected chi connectivity index (χ2v) is 5.82. The predicted octanol–water partition coefficient (Wildman–Crippen LogP) is 5.23. The molecule has 1 aliphatic rings. The maximum absolute atomic E-state index is 12.6. The molecule has 1 fully saturated rings. The van der Waals surface area contributed by atoms with Gasteiger partial charge in [0.25, 0.3) is 0 Å². The number of hydrogen-bond donors (Lipinski definition) is 0. The van der Waals surface area contributed by atoms with Gasteiger partial charge in [0.05, 0.1) is 5.56 Å². The third-order valence-electron chi connectivity index (χ3n) is 3.54. The molecule has 5 heteroatoms. The van der Waals surface area contributed by atoms with E-state index >= 15 is 0 Å². The van der Waals surface area contributed by atoms with Crippen molar-refractivity contribution in [3.8, 4) is 0 Å². The second-order valence-electron chi connectivity index (χ2n) is 4.97. The van der Waals surface area contributed by atoms with Gasteiger partial charge >= 0.3 is 6.18 Å². The molecule has 1 aliphatic carbocycles. The summed E-state index contributed by atoms with van der Waals surface area (Å²) in [6.45, 7) is 0. The summed E-state index contributed by atoms with van der Waals surface area (Å²) in [5, 5.41) is 0. The largest absolute Gasteiger partial charge is 0.416 e. The highest BCUT2D eigenvalue weighted by molar-refractivity contribution is 9.10. The van der Waals surface area contributed by atoms with Crippen LogP contribution < -0.4 is 0 Å². The SMILES string of the molecule is O=C(CC1CCCC1)c1cc(C(F)(F)F)ccc1Br. The third-order valence-corrected chi connectivity index (χ3v) is 4.23. The summed E-state index contributed by atoms with van der Waals surface area (Å²) in [4.78, 5) is 12.1. The van der Waals surface area contributed by atoms with Gasteiger partial charge in [0.1, 0.15) is 0 Å². The lowest BCUT2D eigenvalue weighted by Gasteiger charge is -2.12. The molecule has 0 amide bonds. The van der Waals surface area contributed by atoms with Crippen molar-refractivity contribution >= 4 is 21.7 Å². The predicted molar refractivity (Wildman–Crippen MR) is 70.0 cm³/mol. The summed E-state index contributed by atoms with van der Waals surface area (Å²) >= 11 is 3.16. The van der Waals surface area contributed by atoms with Gasteiger partial charge in [-0.05, 0) is 24.1 Å². The summed E-state index contributed by atoms with van der Waals surface area (Å²) in [5.41, 5.74) is -0.632. The molecule has 104 valence electrons. The molecule has 1 aromatic rings. The van der Waals surface area contributed by atoms with E-state index in [2.05, 4.69) is 15.9 Å². The molecule has 0 unspecified atom stereocenters. The minimum Gasteiger partial charge on any atom is -0.294 e. The van der Waals surface area contributed by atoms with E-state index < -0.39 is 11.7 Å². The van der Waals surface area contributed by atoms with Gasteiger partial charge in [0.15, 0.2) is 5.78 Å². The van der Waals surface area contributed by atoms with Gasteiger partial charge in [-0.2, -0.15) is 13.2 Å². The van der Waals surface area contributed by atoms with Crippen molar-refractivity contribution in [3.63, 3.8) is 0 Å². The first-order valence-corrected chi connectivity index (χ1v) is 7.07. The lowest BCUT2D eigenvalue weighted by molar-refractivity contribution is -0.137. The molecule has 19 heavy (non-hydrogen) atoms. The molecule has 0 N–H and O–H groups in total. The van der Waals surface area contributed by atoms with E-state index in [0.717, 1.165) is 37.8 Å². The topological polar surface area (TPSA) is 17.1 Å². The van der Waals surface area contributed by atoms with Crippen molar-refractivity contribution in [3.05, 3.63) is 33.8 Å². The summed E-state index contributed by atoms with van der Waals surface area (Å²) in [6.07, 6.45) is 0.164. The Kier molecular flexibility index (Phi) is 4.33. The van der Waals surface area contributed by atoms with Crippen LogP contribution in [0.5, 0.6) is 0 Å². The number of benzene rings is 1. The average molecular weight is 335 g/mol. The molecule has 1 saturated carbocycles. The fourth-order valence-electron chi connectivity index (χ4n) is 2.50. The molecular weight excluding hydrogens is 321 g/mol. The summed E-state index contributed by atoms with van der Waals surface area (Å²) in [7, 11) is 0. The van der Waals surface area contributed by atoms with Crippen molar-refractivity contribution in [1.82, 2.24) is 0 Å². The normalized spacial score (nSPS) is 16.8. The lowest BCUT2D eigenvalue weighted by Crippen LogP contribution is -2.10. The van der Waals surface area contributed by atoms with Crippen LogP contribution in [0.3, 0.4) is 0 Å². The van der Waals surface area contributed by atoms with Crippen LogP contribution in [0.1, 0.15) is 48.0 Å². The number of alkyl halides is 3. The van der Waals surface area contributed by atoms with E-state index in [0.29, 0.717) is 16.8 Å². The zero-order chi connectivity index (χ0) is 14.0. The highest BCUT2D eigenvalue weighted by atomic mass is 79.9. The molecule has 1 nitrogen and oxygen atoms in total. The molecular formula is C14H14BrF3O. The van der Waals surface area contributed by atoms with Gasteiger partial charge in [-0.3, -0.25) is 4.79 Å². The van der Waals surface area contributed by atoms with Gasteiger partial charge in [-0.15, -0.1) is 0 Å². The Hall–Kier alpha value is -0.840. The highest BCUT2D eigenvalue weighted by Gasteiger charge is 2.32. The smallest absolute Gasteiger partial charge is 0.294 e. The van der Waals surface area contributed by atoms with Crippen molar-refractivity contribution < 1.29 is 18.0 Å². The highest BCUT2D eigenvalue weighted by Crippen LogP contribution is 2.34. The lowest BCUT2D eigenvalue weighted by atomic mass is 9.96. The number of halogens is 4. The Morgan fingerprint density at radius 1 is 1.26 bits per heavy atom. The molecule has 0 bridgehead atoms. The van der Waals surface area contributed by atoms with Crippen molar-refractivity contribution in [2.24, 2.45) is 5.92 Å². The third kappa shape index (κ3) is 3.59. The van der Waals surface area contributed by atoms with Crippen molar-refractivity contribution in [1.29, 1.82) is 0 Å². The van der Waals surface area contributed by atoms with Gasteiger partial charge in [0, 0.05) is 16.5 Å². The minimum atomic E-state index is -4.41. The van der Waals surface area contributed by atoms with E-state index in [1.54, 1.807) is 0 Å². The standard InChI is InChI=1S/C14H14BrF3O/c15-12-6-5-10(14(16,17)18)8-11(12)13(19)7-9-3-1-2-4-9/h5-6,8-9H,1-4,7H2. The summed E-state index contributed by atoms with van der Waals surface area (Å²) in [6, 6.07) is 3.22. The van der Waals surface area contributed by atoms with Crippen LogP contribution in [-0.2, 0) is 6.18 Å². The molecule has 0 spiro atoms. The molecule has 2 rings (SSSR count). The number of rotatable bonds is 3. The van der Waals surface area contributed by atoms with E-state index in [9.17, 15) is 18.0 Å². The Balaban J connectivity index is 2.20. The number of ketones is 1. The number of carbonyl (C=O) groups excluding carboxylic acids is 1. The molecule has 0 atom stereocenters. The first-order chi connectivity index (χ1) is 8.88. The molecule has 0 aliphatic heterocycles. The van der Waals surface area contributed by atoms with Gasteiger partial charge in [-0.25, -0.2) is 0 Å². The zero-order valence-electron chi connectivity index (χ0n) is 10.3. The van der Waals surface area contributed by atoms with E-state index in [-0.39, 0.29) is 11.3 Å². The van der Waals surface area contributed by atoms with Gasteiger partial charge in [0.2, 0.25) is 0 Å². The van der Waals surface area contributed by atoms with Crippen molar-refractivity contribution in [2.45, 2.75) is 38.3 Å². The monoisotopic (exact) mass is 334 g/mol. The van der Waals surface area contributed by atoms with Gasteiger partial charge < -0.3 is 0 Å². The van der Waals surface area contributed by atoms with Crippen LogP contribution in [0, 0.1) is 5.92 Å². The molecule has 0 saturated heterocycles. The van der Waals surface area contributed by atoms with Crippen LogP contribution in [0.2, 0.25) is 0 Å². The van der Waals surface area contributed by atoms with Crippen LogP contribution in [0.15, 0.2) is 22.7 Å². The molecule has 0 heterocycles. The Labute approximate surface area is 118 Å². The van der Waals surface area contributed by atoms with Crippen molar-refractivity contribution in [2.75, 3.05) is 0 Å². The molecule has 0 radical (unpaired) electrons. The fraction of sp³-hybridized carbons (Fsp3) is 0.500. The quantitative estimate of drug-likeness (QED) is 0.691. The zero-order valence-corrected chi connectivity index (χ0v) is 11.9. The minimum absolute atomic E-state index is 0.140. The maximum Gasteiger partial charge on any atom is 0.416 e. The first-order valence-electron chi connectivity index (χ1n) is 6.28. The number of Topliss-reactive ketones (excluding diaryl/α,β-unsaturated/α-hetero) is 1. The van der Waals surface area contributed by atoms with Crippen LogP contribution in [0.4, 0.5) is 13.2 Å². The van der Waals surface area contributed by atoms with Crippen LogP contribution in [-0.4, -0.2) is 5.78 Å². The Morgan fingerprint density at radius 3 is 2.47 bits per heavy atom. The van der Waals surface area contributed by atoms with Crippen LogP contribution in [0.25, 0.3) is 0 Å². The Bertz CT molecular complexity index is 476. The second kappa shape index (κ2) is 5.65. The summed E-state index contributed by atoms with van der Waals surface area (Å²) < 4.78 is 38.4. The number of hydrogen-bond acceptors (Lipinski definition) is 1. The Morgan fingerprint density at radius 2 is 1.89 bits per heavy atom. The average Bonchev–Trinajstić information content (AvgIpc) is 2.80. The van der Waals surface area contributed by atoms with E-state index in [1.165, 1.54) is 6.07 Å². The van der Waals surface area contributed by atoms with E-state index in [4.69, 9.17) is 0 Å². The molecule has 1 aromatic carbocycles. The number of carbonyl (C=O) groups is 1. The van der Waals surface area contributed by atoms with Crippen LogP contribution >= 0.6 is 15.9 Å². The van der Waals surface area contributed by atoms with Gasteiger partial charge in [-0.1, -0.05) is 41.6 Å². The summed E-state index contributed by atoms with van der Waals surface area (Å²) in [5.74, 6) is 0.124.